The summed E-state index contributed by atoms with van der Waals surface area (Å²) in [5, 5.41) is 15.3. The number of nitro benzene ring substituents is 1. The summed E-state index contributed by atoms with van der Waals surface area (Å²) in [4.78, 5) is 23.1. The van der Waals surface area contributed by atoms with Crippen molar-refractivity contribution in [2.24, 2.45) is 5.14 Å². The van der Waals surface area contributed by atoms with Gasteiger partial charge in [-0.05, 0) is 26.3 Å². The summed E-state index contributed by atoms with van der Waals surface area (Å²) in [6.07, 6.45) is -1.12. The first-order valence-electron chi connectivity index (χ1n) is 6.17. The molecule has 2 N–H and O–H groups in total. The summed E-state index contributed by atoms with van der Waals surface area (Å²) in [6, 6.07) is 5.53. The Morgan fingerprint density at radius 3 is 2.18 bits per heavy atom. The first-order chi connectivity index (χ1) is 9.90. The van der Waals surface area contributed by atoms with Gasteiger partial charge in [0.05, 0.1) is 4.92 Å². The number of carbonyl (C=O) groups excluding carboxylic acids is 1. The first-order valence-corrected chi connectivity index (χ1v) is 7.64. The highest BCUT2D eigenvalue weighted by Gasteiger charge is 2.30. The van der Waals surface area contributed by atoms with Crippen LogP contribution in [0.5, 0.6) is 0 Å². The van der Waals surface area contributed by atoms with Gasteiger partial charge in [0.25, 0.3) is 5.69 Å². The molecule has 9 nitrogen and oxygen atoms in total. The monoisotopic (exact) mass is 331 g/mol. The first kappa shape index (κ1) is 17.9. The van der Waals surface area contributed by atoms with E-state index in [1.807, 2.05) is 0 Å². The molecule has 0 radical (unpaired) electrons. The van der Waals surface area contributed by atoms with Gasteiger partial charge in [-0.25, -0.2) is 4.79 Å². The molecule has 0 heterocycles. The molecule has 0 bridgehead atoms. The predicted octanol–water partition coefficient (Wildman–Crippen LogP) is 1.54. The highest BCUT2D eigenvalue weighted by molar-refractivity contribution is 7.84. The maximum Gasteiger partial charge on any atom is 0.427 e. The molecule has 122 valence electrons. The quantitative estimate of drug-likeness (QED) is 0.657. The van der Waals surface area contributed by atoms with E-state index in [0.717, 1.165) is 4.90 Å². The maximum atomic E-state index is 11.9. The van der Waals surface area contributed by atoms with Gasteiger partial charge >= 0.3 is 16.4 Å². The lowest BCUT2D eigenvalue weighted by molar-refractivity contribution is -0.384. The van der Waals surface area contributed by atoms with Gasteiger partial charge in [0.15, 0.2) is 0 Å². The second kappa shape index (κ2) is 6.28. The average molecular weight is 331 g/mol. The molecule has 0 spiro atoms. The third-order valence-corrected chi connectivity index (χ3v) is 3.08. The minimum atomic E-state index is -4.42. The molecule has 0 saturated heterocycles. The lowest BCUT2D eigenvalue weighted by Crippen LogP contribution is -2.46. The van der Waals surface area contributed by atoms with E-state index < -0.39 is 26.9 Å². The fraction of sp³-hybridized carbons (Fsp3) is 0.417. The Labute approximate surface area is 128 Å². The van der Waals surface area contributed by atoms with E-state index in [0.29, 0.717) is 5.56 Å². The van der Waals surface area contributed by atoms with E-state index >= 15 is 0 Å². The minimum Gasteiger partial charge on any atom is -0.316 e. The number of hydrogen-bond acceptors (Lipinski definition) is 6. The van der Waals surface area contributed by atoms with Crippen molar-refractivity contribution in [2.75, 3.05) is 0 Å². The van der Waals surface area contributed by atoms with Crippen molar-refractivity contribution in [2.45, 2.75) is 32.9 Å². The lowest BCUT2D eigenvalue weighted by Gasteiger charge is -2.34. The maximum absolute atomic E-state index is 11.9. The Hall–Kier alpha value is -2.20. The van der Waals surface area contributed by atoms with Gasteiger partial charge < -0.3 is 4.18 Å². The van der Waals surface area contributed by atoms with Crippen LogP contribution in [0.3, 0.4) is 0 Å². The van der Waals surface area contributed by atoms with Crippen LogP contribution in [0.15, 0.2) is 24.3 Å². The molecule has 1 rings (SSSR count). The third-order valence-electron chi connectivity index (χ3n) is 2.71. The fourth-order valence-electron chi connectivity index (χ4n) is 1.63. The van der Waals surface area contributed by atoms with Gasteiger partial charge in [-0.2, -0.15) is 13.6 Å². The summed E-state index contributed by atoms with van der Waals surface area (Å²) in [5.41, 5.74) is -0.256. The van der Waals surface area contributed by atoms with Crippen LogP contribution in [0, 0.1) is 10.1 Å². The van der Waals surface area contributed by atoms with Gasteiger partial charge in [0.1, 0.15) is 0 Å². The number of nitrogens with zero attached hydrogens (tertiary/aromatic N) is 2. The van der Waals surface area contributed by atoms with E-state index in [9.17, 15) is 23.3 Å². The molecule has 0 aliphatic carbocycles. The van der Waals surface area contributed by atoms with Gasteiger partial charge in [-0.1, -0.05) is 12.1 Å². The number of amides is 1. The summed E-state index contributed by atoms with van der Waals surface area (Å²) in [5.74, 6) is 0. The van der Waals surface area contributed by atoms with Crippen LogP contribution in [-0.2, 0) is 21.0 Å². The van der Waals surface area contributed by atoms with Gasteiger partial charge in [0.2, 0.25) is 0 Å². The predicted molar refractivity (Wildman–Crippen MR) is 78.0 cm³/mol. The average Bonchev–Trinajstić information content (AvgIpc) is 2.32. The van der Waals surface area contributed by atoms with E-state index in [2.05, 4.69) is 4.18 Å². The van der Waals surface area contributed by atoms with Gasteiger partial charge in [-0.15, -0.1) is 0 Å². The van der Waals surface area contributed by atoms with Crippen LogP contribution >= 0.6 is 0 Å². The Bertz CT molecular complexity index is 663. The van der Waals surface area contributed by atoms with Crippen molar-refractivity contribution in [3.05, 3.63) is 39.9 Å². The number of benzene rings is 1. The van der Waals surface area contributed by atoms with Crippen LogP contribution < -0.4 is 5.14 Å². The highest BCUT2D eigenvalue weighted by Crippen LogP contribution is 2.20. The van der Waals surface area contributed by atoms with E-state index in [1.54, 1.807) is 20.8 Å². The second-order valence-corrected chi connectivity index (χ2v) is 6.67. The van der Waals surface area contributed by atoms with Crippen molar-refractivity contribution >= 4 is 22.1 Å². The molecule has 0 fully saturated rings. The van der Waals surface area contributed by atoms with Crippen LogP contribution in [0.25, 0.3) is 0 Å². The topological polar surface area (TPSA) is 133 Å². The molecule has 1 aromatic carbocycles. The molecule has 10 heteroatoms. The van der Waals surface area contributed by atoms with Crippen LogP contribution in [0.2, 0.25) is 0 Å². The summed E-state index contributed by atoms with van der Waals surface area (Å²) >= 11 is 0. The summed E-state index contributed by atoms with van der Waals surface area (Å²) in [7, 11) is -4.42. The summed E-state index contributed by atoms with van der Waals surface area (Å²) < 4.78 is 25.9. The molecular weight excluding hydrogens is 314 g/mol. The zero-order chi connectivity index (χ0) is 17.1. The molecule has 1 amide bonds. The van der Waals surface area contributed by atoms with Crippen LogP contribution in [-0.4, -0.2) is 29.9 Å². The number of rotatable bonds is 4. The molecule has 0 saturated carbocycles. The fourth-order valence-corrected chi connectivity index (χ4v) is 1.91. The number of nitrogens with two attached hydrogens (primary N) is 1. The van der Waals surface area contributed by atoms with Crippen molar-refractivity contribution < 1.29 is 22.3 Å². The SMILES string of the molecule is CC(C)(C)N(Cc1ccc([N+](=O)[O-])cc1)C(=O)OS(N)(=O)=O. The molecule has 0 aliphatic heterocycles. The van der Waals surface area contributed by atoms with Crippen LogP contribution in [0.1, 0.15) is 26.3 Å². The van der Waals surface area contributed by atoms with E-state index in [4.69, 9.17) is 5.14 Å². The number of carbonyl (C=O) groups is 1. The summed E-state index contributed by atoms with van der Waals surface area (Å²) in [6.45, 7) is 5.06. The third kappa shape index (κ3) is 5.30. The van der Waals surface area contributed by atoms with Gasteiger partial charge in [-0.3, -0.25) is 15.0 Å². The normalized spacial score (nSPS) is 11.8. The van der Waals surface area contributed by atoms with Crippen LogP contribution in [0.4, 0.5) is 10.5 Å². The molecule has 0 aliphatic rings. The second-order valence-electron chi connectivity index (χ2n) is 5.52. The zero-order valence-electron chi connectivity index (χ0n) is 12.3. The Kier molecular flexibility index (Phi) is 5.09. The lowest BCUT2D eigenvalue weighted by atomic mass is 10.1. The van der Waals surface area contributed by atoms with Crippen molar-refractivity contribution in [1.29, 1.82) is 0 Å². The molecule has 1 aromatic rings. The van der Waals surface area contributed by atoms with E-state index in [-0.39, 0.29) is 12.2 Å². The molecule has 22 heavy (non-hydrogen) atoms. The van der Waals surface area contributed by atoms with Crippen molar-refractivity contribution in [3.8, 4) is 0 Å². The molecule has 0 aromatic heterocycles. The minimum absolute atomic E-state index is 0.00977. The smallest absolute Gasteiger partial charge is 0.316 e. The Morgan fingerprint density at radius 2 is 1.82 bits per heavy atom. The van der Waals surface area contributed by atoms with Gasteiger partial charge in [0, 0.05) is 24.2 Å². The van der Waals surface area contributed by atoms with Crippen molar-refractivity contribution in [1.82, 2.24) is 4.90 Å². The molecule has 0 atom stereocenters. The molecular formula is C12H17N3O6S. The Morgan fingerprint density at radius 1 is 1.32 bits per heavy atom. The largest absolute Gasteiger partial charge is 0.427 e. The van der Waals surface area contributed by atoms with Crippen molar-refractivity contribution in [3.63, 3.8) is 0 Å². The standard InChI is InChI=1S/C12H17N3O6S/c1-12(2,3)14(11(16)21-22(13,19)20)8-9-4-6-10(7-5-9)15(17)18/h4-7H,8H2,1-3H3,(H2,13,19,20). The Balaban J connectivity index is 3.00. The number of nitro groups is 1. The zero-order valence-corrected chi connectivity index (χ0v) is 13.2. The molecule has 0 unspecified atom stereocenters. The highest BCUT2D eigenvalue weighted by atomic mass is 32.2. The number of hydrogen-bond donors (Lipinski definition) is 1. The van der Waals surface area contributed by atoms with E-state index in [1.165, 1.54) is 24.3 Å². The number of non-ortho nitro benzene ring substituents is 1.